The summed E-state index contributed by atoms with van der Waals surface area (Å²) in [6.45, 7) is 8.07. The minimum atomic E-state index is 0.260. The lowest BCUT2D eigenvalue weighted by Gasteiger charge is -2.16. The van der Waals surface area contributed by atoms with Gasteiger partial charge >= 0.3 is 0 Å². The molecule has 0 rings (SSSR count). The van der Waals surface area contributed by atoms with Crippen molar-refractivity contribution in [2.75, 3.05) is 19.8 Å². The molecule has 0 saturated heterocycles. The molecule has 0 bridgehead atoms. The van der Waals surface area contributed by atoms with E-state index in [1.807, 2.05) is 13.8 Å². The largest absolute Gasteiger partial charge is 0.396 e. The predicted molar refractivity (Wildman–Crippen MR) is 54.9 cm³/mol. The van der Waals surface area contributed by atoms with E-state index in [1.165, 1.54) is 0 Å². The van der Waals surface area contributed by atoms with E-state index < -0.39 is 0 Å². The van der Waals surface area contributed by atoms with Crippen LogP contribution in [0, 0.1) is 0 Å². The van der Waals surface area contributed by atoms with Crippen LogP contribution < -0.4 is 5.32 Å². The lowest BCUT2D eigenvalue weighted by molar-refractivity contribution is 0.0786. The number of hydrogen-bond donors (Lipinski definition) is 2. The Morgan fingerprint density at radius 1 is 1.38 bits per heavy atom. The molecule has 13 heavy (non-hydrogen) atoms. The summed E-state index contributed by atoms with van der Waals surface area (Å²) >= 11 is 0. The smallest absolute Gasteiger partial charge is 0.0594 e. The third-order valence-electron chi connectivity index (χ3n) is 1.96. The summed E-state index contributed by atoms with van der Waals surface area (Å²) in [4.78, 5) is 0. The second-order valence-electron chi connectivity index (χ2n) is 3.49. The van der Waals surface area contributed by atoms with Gasteiger partial charge in [0.15, 0.2) is 0 Å². The van der Waals surface area contributed by atoms with Gasteiger partial charge in [-0.2, -0.15) is 0 Å². The van der Waals surface area contributed by atoms with E-state index in [4.69, 9.17) is 9.84 Å². The molecule has 0 aliphatic heterocycles. The molecule has 0 heterocycles. The minimum absolute atomic E-state index is 0.260. The van der Waals surface area contributed by atoms with Crippen molar-refractivity contribution in [2.24, 2.45) is 0 Å². The summed E-state index contributed by atoms with van der Waals surface area (Å²) in [5.41, 5.74) is 0. The van der Waals surface area contributed by atoms with Crippen LogP contribution in [0.1, 0.15) is 33.6 Å². The van der Waals surface area contributed by atoms with Crippen molar-refractivity contribution in [3.05, 3.63) is 0 Å². The topological polar surface area (TPSA) is 41.5 Å². The zero-order valence-corrected chi connectivity index (χ0v) is 9.05. The normalized spacial score (nSPS) is 13.6. The number of aliphatic hydroxyl groups excluding tert-OH is 1. The van der Waals surface area contributed by atoms with Crippen molar-refractivity contribution in [3.63, 3.8) is 0 Å². The van der Waals surface area contributed by atoms with E-state index in [0.29, 0.717) is 12.1 Å². The van der Waals surface area contributed by atoms with E-state index in [1.54, 1.807) is 0 Å². The van der Waals surface area contributed by atoms with Gasteiger partial charge in [-0.3, -0.25) is 0 Å². The highest BCUT2D eigenvalue weighted by Crippen LogP contribution is 1.95. The van der Waals surface area contributed by atoms with Gasteiger partial charge < -0.3 is 15.2 Å². The first-order chi connectivity index (χ1) is 6.20. The highest BCUT2D eigenvalue weighted by Gasteiger charge is 2.03. The van der Waals surface area contributed by atoms with Crippen molar-refractivity contribution in [1.29, 1.82) is 0 Å². The third-order valence-corrected chi connectivity index (χ3v) is 1.96. The van der Waals surface area contributed by atoms with E-state index in [2.05, 4.69) is 12.2 Å². The van der Waals surface area contributed by atoms with Gasteiger partial charge in [-0.1, -0.05) is 6.92 Å². The van der Waals surface area contributed by atoms with Gasteiger partial charge in [0.2, 0.25) is 0 Å². The maximum absolute atomic E-state index is 8.74. The monoisotopic (exact) mass is 189 g/mol. The van der Waals surface area contributed by atoms with E-state index in [-0.39, 0.29) is 6.61 Å². The molecule has 0 aromatic heterocycles. The molecule has 0 aromatic carbocycles. The molecule has 0 aliphatic rings. The van der Waals surface area contributed by atoms with Gasteiger partial charge in [-0.05, 0) is 26.7 Å². The van der Waals surface area contributed by atoms with Crippen LogP contribution in [0.2, 0.25) is 0 Å². The molecule has 3 heteroatoms. The highest BCUT2D eigenvalue weighted by molar-refractivity contribution is 4.63. The molecule has 1 atom stereocenters. The van der Waals surface area contributed by atoms with Crippen molar-refractivity contribution in [1.82, 2.24) is 5.32 Å². The van der Waals surface area contributed by atoms with Crippen LogP contribution in [-0.4, -0.2) is 37.0 Å². The first-order valence-corrected chi connectivity index (χ1v) is 5.16. The molecule has 0 aromatic rings. The van der Waals surface area contributed by atoms with Crippen molar-refractivity contribution < 1.29 is 9.84 Å². The Morgan fingerprint density at radius 2 is 2.08 bits per heavy atom. The van der Waals surface area contributed by atoms with Crippen LogP contribution in [-0.2, 0) is 4.74 Å². The first-order valence-electron chi connectivity index (χ1n) is 5.16. The fourth-order valence-corrected chi connectivity index (χ4v) is 1.16. The summed E-state index contributed by atoms with van der Waals surface area (Å²) in [5, 5.41) is 12.1. The second kappa shape index (κ2) is 8.48. The Morgan fingerprint density at radius 3 is 2.54 bits per heavy atom. The van der Waals surface area contributed by atoms with Crippen LogP contribution >= 0.6 is 0 Å². The molecular weight excluding hydrogens is 166 g/mol. The van der Waals surface area contributed by atoms with Gasteiger partial charge in [0.25, 0.3) is 0 Å². The SMILES string of the molecule is CCC(CCO)NCCOC(C)C. The minimum Gasteiger partial charge on any atom is -0.396 e. The summed E-state index contributed by atoms with van der Waals surface area (Å²) in [5.74, 6) is 0. The Labute approximate surface area is 81.5 Å². The average Bonchev–Trinajstić information content (AvgIpc) is 2.10. The van der Waals surface area contributed by atoms with Crippen molar-refractivity contribution in [3.8, 4) is 0 Å². The Hall–Kier alpha value is -0.120. The highest BCUT2D eigenvalue weighted by atomic mass is 16.5. The number of nitrogens with one attached hydrogen (secondary N) is 1. The Bertz CT molecular complexity index is 107. The van der Waals surface area contributed by atoms with Gasteiger partial charge in [-0.15, -0.1) is 0 Å². The van der Waals surface area contributed by atoms with Crippen molar-refractivity contribution in [2.45, 2.75) is 45.8 Å². The van der Waals surface area contributed by atoms with Gasteiger partial charge in [0.05, 0.1) is 12.7 Å². The summed E-state index contributed by atoms with van der Waals surface area (Å²) in [7, 11) is 0. The molecule has 2 N–H and O–H groups in total. The predicted octanol–water partition coefficient (Wildman–Crippen LogP) is 1.16. The van der Waals surface area contributed by atoms with Crippen LogP contribution in [0.4, 0.5) is 0 Å². The van der Waals surface area contributed by atoms with Gasteiger partial charge in [-0.25, -0.2) is 0 Å². The fourth-order valence-electron chi connectivity index (χ4n) is 1.16. The maximum Gasteiger partial charge on any atom is 0.0594 e. The zero-order valence-electron chi connectivity index (χ0n) is 9.05. The number of ether oxygens (including phenoxy) is 1. The summed E-state index contributed by atoms with van der Waals surface area (Å²) in [6.07, 6.45) is 2.19. The molecule has 80 valence electrons. The van der Waals surface area contributed by atoms with E-state index >= 15 is 0 Å². The standard InChI is InChI=1S/C10H23NO2/c1-4-10(5-7-12)11-6-8-13-9(2)3/h9-12H,4-8H2,1-3H3. The molecule has 0 aliphatic carbocycles. The second-order valence-corrected chi connectivity index (χ2v) is 3.49. The van der Waals surface area contributed by atoms with Crippen LogP contribution in [0.5, 0.6) is 0 Å². The lowest BCUT2D eigenvalue weighted by atomic mass is 10.1. The third kappa shape index (κ3) is 8.22. The molecule has 0 spiro atoms. The number of aliphatic hydroxyl groups is 1. The van der Waals surface area contributed by atoms with Crippen LogP contribution in [0.15, 0.2) is 0 Å². The quantitative estimate of drug-likeness (QED) is 0.563. The Balaban J connectivity index is 3.27. The number of hydrogen-bond acceptors (Lipinski definition) is 3. The molecule has 0 fully saturated rings. The van der Waals surface area contributed by atoms with Crippen LogP contribution in [0.25, 0.3) is 0 Å². The molecule has 3 nitrogen and oxygen atoms in total. The lowest BCUT2D eigenvalue weighted by Crippen LogP contribution is -2.32. The molecule has 0 saturated carbocycles. The fraction of sp³-hybridized carbons (Fsp3) is 1.00. The molecule has 1 unspecified atom stereocenters. The summed E-state index contributed by atoms with van der Waals surface area (Å²) < 4.78 is 5.39. The summed E-state index contributed by atoms with van der Waals surface area (Å²) in [6, 6.07) is 0.431. The van der Waals surface area contributed by atoms with Crippen LogP contribution in [0.3, 0.4) is 0 Å². The molecule has 0 radical (unpaired) electrons. The average molecular weight is 189 g/mol. The maximum atomic E-state index is 8.74. The van der Waals surface area contributed by atoms with Gasteiger partial charge in [0.1, 0.15) is 0 Å². The number of rotatable bonds is 8. The Kier molecular flexibility index (Phi) is 8.40. The first kappa shape index (κ1) is 12.9. The zero-order chi connectivity index (χ0) is 10.1. The molecule has 0 amide bonds. The van der Waals surface area contributed by atoms with Crippen molar-refractivity contribution >= 4 is 0 Å². The van der Waals surface area contributed by atoms with E-state index in [9.17, 15) is 0 Å². The van der Waals surface area contributed by atoms with E-state index in [0.717, 1.165) is 26.0 Å². The van der Waals surface area contributed by atoms with Gasteiger partial charge in [0, 0.05) is 19.2 Å². The molecular formula is C10H23NO2.